The van der Waals surface area contributed by atoms with Crippen molar-refractivity contribution >= 4 is 29.0 Å². The Bertz CT molecular complexity index is 658. The molecule has 1 heterocycles. The van der Waals surface area contributed by atoms with Crippen LogP contribution >= 0.6 is 11.6 Å². The summed E-state index contributed by atoms with van der Waals surface area (Å²) in [5.41, 5.74) is 6.33. The molecular formula is C12H10ClN5O. The standard InChI is InChI=1S/C12H10ClN5O/c13-9-5-8(6-14)1-2-10(9)16-12(19)7-18-4-3-11(15)17-18/h1-5H,7H2,(H2,15,17)(H,16,19). The number of nitrogens with one attached hydrogen (secondary N) is 1. The third kappa shape index (κ3) is 3.24. The number of nitriles is 1. The molecule has 0 radical (unpaired) electrons. The lowest BCUT2D eigenvalue weighted by atomic mass is 10.2. The van der Waals surface area contributed by atoms with Gasteiger partial charge in [0.15, 0.2) is 0 Å². The highest BCUT2D eigenvalue weighted by molar-refractivity contribution is 6.33. The van der Waals surface area contributed by atoms with Crippen molar-refractivity contribution in [1.82, 2.24) is 9.78 Å². The molecule has 0 aliphatic heterocycles. The molecule has 19 heavy (non-hydrogen) atoms. The summed E-state index contributed by atoms with van der Waals surface area (Å²) in [5, 5.41) is 15.6. The van der Waals surface area contributed by atoms with Crippen molar-refractivity contribution < 1.29 is 4.79 Å². The van der Waals surface area contributed by atoms with Crippen molar-refractivity contribution in [2.75, 3.05) is 11.1 Å². The molecular weight excluding hydrogens is 266 g/mol. The van der Waals surface area contributed by atoms with E-state index in [-0.39, 0.29) is 12.5 Å². The van der Waals surface area contributed by atoms with Crippen molar-refractivity contribution in [1.29, 1.82) is 5.26 Å². The first-order valence-electron chi connectivity index (χ1n) is 5.37. The second-order valence-electron chi connectivity index (χ2n) is 3.79. The number of aromatic nitrogens is 2. The molecule has 7 heteroatoms. The number of rotatable bonds is 3. The van der Waals surface area contributed by atoms with E-state index in [0.29, 0.717) is 22.1 Å². The molecule has 1 aromatic carbocycles. The summed E-state index contributed by atoms with van der Waals surface area (Å²) in [5.74, 6) is 0.0684. The van der Waals surface area contributed by atoms with E-state index < -0.39 is 0 Å². The number of anilines is 2. The van der Waals surface area contributed by atoms with Crippen LogP contribution < -0.4 is 11.1 Å². The Morgan fingerprint density at radius 3 is 2.89 bits per heavy atom. The van der Waals surface area contributed by atoms with Gasteiger partial charge < -0.3 is 11.1 Å². The maximum absolute atomic E-state index is 11.8. The number of hydrogen-bond acceptors (Lipinski definition) is 4. The van der Waals surface area contributed by atoms with Crippen LogP contribution in [0.25, 0.3) is 0 Å². The second kappa shape index (κ2) is 5.42. The molecule has 6 nitrogen and oxygen atoms in total. The molecule has 96 valence electrons. The van der Waals surface area contributed by atoms with Gasteiger partial charge in [0.2, 0.25) is 5.91 Å². The first-order chi connectivity index (χ1) is 9.08. The number of carbonyl (C=O) groups excluding carboxylic acids is 1. The number of nitrogen functional groups attached to an aromatic ring is 1. The van der Waals surface area contributed by atoms with Crippen LogP contribution in [0.1, 0.15) is 5.56 Å². The summed E-state index contributed by atoms with van der Waals surface area (Å²) in [6, 6.07) is 8.21. The van der Waals surface area contributed by atoms with Gasteiger partial charge in [-0.1, -0.05) is 11.6 Å². The first kappa shape index (κ1) is 12.9. The Morgan fingerprint density at radius 2 is 2.32 bits per heavy atom. The van der Waals surface area contributed by atoms with Gasteiger partial charge in [-0.25, -0.2) is 0 Å². The molecule has 2 rings (SSSR count). The van der Waals surface area contributed by atoms with Gasteiger partial charge in [0.05, 0.1) is 22.3 Å². The Kier molecular flexibility index (Phi) is 3.68. The molecule has 0 bridgehead atoms. The molecule has 1 aromatic heterocycles. The molecule has 0 saturated carbocycles. The molecule has 0 atom stereocenters. The number of carbonyl (C=O) groups is 1. The molecule has 3 N–H and O–H groups in total. The van der Waals surface area contributed by atoms with Crippen LogP contribution in [0.2, 0.25) is 5.02 Å². The van der Waals surface area contributed by atoms with E-state index in [1.54, 1.807) is 24.4 Å². The number of benzene rings is 1. The number of hydrogen-bond donors (Lipinski definition) is 2. The number of nitrogens with two attached hydrogens (primary N) is 1. The summed E-state index contributed by atoms with van der Waals surface area (Å²) in [6.45, 7) is 0.0352. The summed E-state index contributed by atoms with van der Waals surface area (Å²) >= 11 is 5.95. The summed E-state index contributed by atoms with van der Waals surface area (Å²) in [4.78, 5) is 11.8. The fraction of sp³-hybridized carbons (Fsp3) is 0.0833. The maximum Gasteiger partial charge on any atom is 0.246 e. The largest absolute Gasteiger partial charge is 0.382 e. The van der Waals surface area contributed by atoms with Gasteiger partial charge in [0.25, 0.3) is 0 Å². The molecule has 0 spiro atoms. The highest BCUT2D eigenvalue weighted by Gasteiger charge is 2.08. The lowest BCUT2D eigenvalue weighted by Gasteiger charge is -2.07. The van der Waals surface area contributed by atoms with Crippen LogP contribution in [-0.2, 0) is 11.3 Å². The summed E-state index contributed by atoms with van der Waals surface area (Å²) in [7, 11) is 0. The van der Waals surface area contributed by atoms with Crippen LogP contribution in [-0.4, -0.2) is 15.7 Å². The van der Waals surface area contributed by atoms with Gasteiger partial charge in [0, 0.05) is 6.20 Å². The monoisotopic (exact) mass is 275 g/mol. The van der Waals surface area contributed by atoms with Crippen molar-refractivity contribution in [2.24, 2.45) is 0 Å². The van der Waals surface area contributed by atoms with Crippen LogP contribution in [0.3, 0.4) is 0 Å². The minimum absolute atomic E-state index is 0.0352. The predicted molar refractivity (Wildman–Crippen MR) is 71.4 cm³/mol. The van der Waals surface area contributed by atoms with E-state index in [4.69, 9.17) is 22.6 Å². The second-order valence-corrected chi connectivity index (χ2v) is 4.20. The van der Waals surface area contributed by atoms with E-state index in [0.717, 1.165) is 0 Å². The van der Waals surface area contributed by atoms with Crippen LogP contribution in [0.5, 0.6) is 0 Å². The van der Waals surface area contributed by atoms with E-state index in [1.165, 1.54) is 10.7 Å². The third-order valence-electron chi connectivity index (χ3n) is 2.34. The first-order valence-corrected chi connectivity index (χ1v) is 5.74. The summed E-state index contributed by atoms with van der Waals surface area (Å²) in [6.07, 6.45) is 1.61. The van der Waals surface area contributed by atoms with Crippen LogP contribution in [0, 0.1) is 11.3 Å². The Morgan fingerprint density at radius 1 is 1.53 bits per heavy atom. The molecule has 0 saturated heterocycles. The smallest absolute Gasteiger partial charge is 0.246 e. The van der Waals surface area contributed by atoms with E-state index in [1.807, 2.05) is 6.07 Å². The molecule has 0 aliphatic rings. The maximum atomic E-state index is 11.8. The Hall–Kier alpha value is -2.52. The van der Waals surface area contributed by atoms with Crippen molar-refractivity contribution in [3.05, 3.63) is 41.0 Å². The lowest BCUT2D eigenvalue weighted by molar-refractivity contribution is -0.116. The zero-order chi connectivity index (χ0) is 13.8. The zero-order valence-corrected chi connectivity index (χ0v) is 10.6. The van der Waals surface area contributed by atoms with Gasteiger partial charge in [0.1, 0.15) is 12.4 Å². The molecule has 0 unspecified atom stereocenters. The van der Waals surface area contributed by atoms with Crippen LogP contribution in [0.15, 0.2) is 30.5 Å². The Labute approximate surface area is 114 Å². The van der Waals surface area contributed by atoms with E-state index in [2.05, 4.69) is 10.4 Å². The van der Waals surface area contributed by atoms with Crippen LogP contribution in [0.4, 0.5) is 11.5 Å². The van der Waals surface area contributed by atoms with E-state index >= 15 is 0 Å². The van der Waals surface area contributed by atoms with Gasteiger partial charge in [-0.05, 0) is 24.3 Å². The lowest BCUT2D eigenvalue weighted by Crippen LogP contribution is -2.19. The van der Waals surface area contributed by atoms with Gasteiger partial charge in [-0.2, -0.15) is 10.4 Å². The van der Waals surface area contributed by atoms with Crippen molar-refractivity contribution in [2.45, 2.75) is 6.54 Å². The van der Waals surface area contributed by atoms with Gasteiger partial charge >= 0.3 is 0 Å². The quantitative estimate of drug-likeness (QED) is 0.889. The predicted octanol–water partition coefficient (Wildman–Crippen LogP) is 1.63. The zero-order valence-electron chi connectivity index (χ0n) is 9.80. The fourth-order valence-corrected chi connectivity index (χ4v) is 1.72. The minimum Gasteiger partial charge on any atom is -0.382 e. The average Bonchev–Trinajstić information content (AvgIpc) is 2.77. The van der Waals surface area contributed by atoms with Crippen molar-refractivity contribution in [3.8, 4) is 6.07 Å². The number of halogens is 1. The minimum atomic E-state index is -0.283. The SMILES string of the molecule is N#Cc1ccc(NC(=O)Cn2ccc(N)n2)c(Cl)c1. The van der Waals surface area contributed by atoms with E-state index in [9.17, 15) is 4.79 Å². The highest BCUT2D eigenvalue weighted by Crippen LogP contribution is 2.22. The van der Waals surface area contributed by atoms with Gasteiger partial charge in [-0.3, -0.25) is 9.48 Å². The molecule has 0 fully saturated rings. The van der Waals surface area contributed by atoms with Crippen molar-refractivity contribution in [3.63, 3.8) is 0 Å². The normalized spacial score (nSPS) is 9.89. The summed E-state index contributed by atoms with van der Waals surface area (Å²) < 4.78 is 1.42. The molecule has 1 amide bonds. The highest BCUT2D eigenvalue weighted by atomic mass is 35.5. The topological polar surface area (TPSA) is 96.7 Å². The Balaban J connectivity index is 2.05. The molecule has 0 aliphatic carbocycles. The molecule has 2 aromatic rings. The number of nitrogens with zero attached hydrogens (tertiary/aromatic N) is 3. The third-order valence-corrected chi connectivity index (χ3v) is 2.65. The number of amides is 1. The fourth-order valence-electron chi connectivity index (χ4n) is 1.49. The van der Waals surface area contributed by atoms with Gasteiger partial charge in [-0.15, -0.1) is 0 Å². The average molecular weight is 276 g/mol.